The van der Waals surface area contributed by atoms with E-state index in [9.17, 15) is 4.79 Å². The number of carbonyl (C=O) groups excluding carboxylic acids is 1. The Morgan fingerprint density at radius 1 is 1.58 bits per heavy atom. The zero-order valence-electron chi connectivity index (χ0n) is 7.42. The van der Waals surface area contributed by atoms with E-state index in [1.807, 2.05) is 0 Å². The molecule has 0 N–H and O–H groups in total. The molecule has 0 spiro atoms. The van der Waals surface area contributed by atoms with Crippen LogP contribution >= 0.6 is 0 Å². The Kier molecular flexibility index (Phi) is 3.85. The highest BCUT2D eigenvalue weighted by molar-refractivity contribution is 5.81. The predicted molar refractivity (Wildman–Crippen MR) is 47.7 cm³/mol. The van der Waals surface area contributed by atoms with Crippen LogP contribution in [0.15, 0.2) is 12.7 Å². The average Bonchev–Trinajstić information content (AvgIpc) is 2.00. The lowest BCUT2D eigenvalue weighted by Gasteiger charge is -2.24. The average molecular weight is 168 g/mol. The molecule has 0 aliphatic heterocycles. The third-order valence-corrected chi connectivity index (χ3v) is 2.39. The number of hydrogen-bond acceptors (Lipinski definition) is 2. The van der Waals surface area contributed by atoms with E-state index in [0.717, 1.165) is 12.3 Å². The number of esters is 1. The van der Waals surface area contributed by atoms with Gasteiger partial charge in [-0.2, -0.15) is 0 Å². The van der Waals surface area contributed by atoms with Gasteiger partial charge in [0.15, 0.2) is 0 Å². The molecular weight excluding hydrogens is 152 g/mol. The molecule has 1 saturated carbocycles. The molecule has 0 aromatic rings. The van der Waals surface area contributed by atoms with Gasteiger partial charge in [-0.25, -0.2) is 4.79 Å². The van der Waals surface area contributed by atoms with Crippen molar-refractivity contribution >= 4 is 5.97 Å². The van der Waals surface area contributed by atoms with E-state index < -0.39 is 0 Å². The third-order valence-electron chi connectivity index (χ3n) is 2.39. The Morgan fingerprint density at radius 3 is 2.83 bits per heavy atom. The summed E-state index contributed by atoms with van der Waals surface area (Å²) in [7, 11) is 0. The van der Waals surface area contributed by atoms with Crippen molar-refractivity contribution in [3.05, 3.63) is 12.7 Å². The van der Waals surface area contributed by atoms with Crippen LogP contribution < -0.4 is 0 Å². The maximum atomic E-state index is 10.6. The summed E-state index contributed by atoms with van der Waals surface area (Å²) in [4.78, 5) is 10.6. The fraction of sp³-hybridized carbons (Fsp3) is 0.700. The molecule has 0 saturated heterocycles. The molecule has 0 amide bonds. The molecule has 0 aromatic heterocycles. The van der Waals surface area contributed by atoms with Gasteiger partial charge in [-0.15, -0.1) is 0 Å². The van der Waals surface area contributed by atoms with E-state index in [4.69, 9.17) is 4.74 Å². The first-order valence-electron chi connectivity index (χ1n) is 4.62. The highest BCUT2D eigenvalue weighted by Gasteiger charge is 2.16. The molecule has 1 aliphatic carbocycles. The van der Waals surface area contributed by atoms with Gasteiger partial charge in [-0.1, -0.05) is 25.8 Å². The summed E-state index contributed by atoms with van der Waals surface area (Å²) in [6, 6.07) is 0. The molecule has 2 heteroatoms. The maximum Gasteiger partial charge on any atom is 0.330 e. The zero-order chi connectivity index (χ0) is 8.81. The molecule has 12 heavy (non-hydrogen) atoms. The van der Waals surface area contributed by atoms with Crippen LogP contribution in [0.25, 0.3) is 0 Å². The summed E-state index contributed by atoms with van der Waals surface area (Å²) < 4.78 is 4.85. The largest absolute Gasteiger partial charge is 0.463 e. The summed E-state index contributed by atoms with van der Waals surface area (Å²) in [6.07, 6.45) is 7.56. The fourth-order valence-corrected chi connectivity index (χ4v) is 1.39. The Bertz CT molecular complexity index is 159. The molecule has 1 rings (SSSR count). The van der Waals surface area contributed by atoms with Gasteiger partial charge in [0.1, 0.15) is 0 Å². The van der Waals surface area contributed by atoms with Crippen molar-refractivity contribution in [2.75, 3.05) is 6.61 Å². The predicted octanol–water partition coefficient (Wildman–Crippen LogP) is 2.30. The van der Waals surface area contributed by atoms with Crippen molar-refractivity contribution in [3.8, 4) is 0 Å². The van der Waals surface area contributed by atoms with Crippen molar-refractivity contribution in [2.45, 2.75) is 32.1 Å². The second kappa shape index (κ2) is 4.96. The first-order valence-corrected chi connectivity index (χ1v) is 4.62. The first-order chi connectivity index (χ1) is 5.83. The van der Waals surface area contributed by atoms with Crippen LogP contribution in [0.3, 0.4) is 0 Å². The SMILES string of the molecule is C=CC(=O)OCCCC1CCC1. The van der Waals surface area contributed by atoms with Crippen LogP contribution in [-0.2, 0) is 9.53 Å². The van der Waals surface area contributed by atoms with Crippen LogP contribution in [0, 0.1) is 5.92 Å². The number of ether oxygens (including phenoxy) is 1. The minimum atomic E-state index is -0.302. The molecule has 0 atom stereocenters. The van der Waals surface area contributed by atoms with Crippen molar-refractivity contribution < 1.29 is 9.53 Å². The molecule has 2 nitrogen and oxygen atoms in total. The second-order valence-corrected chi connectivity index (χ2v) is 3.31. The molecule has 0 radical (unpaired) electrons. The quantitative estimate of drug-likeness (QED) is 0.357. The topological polar surface area (TPSA) is 26.3 Å². The van der Waals surface area contributed by atoms with Gasteiger partial charge in [0, 0.05) is 6.08 Å². The van der Waals surface area contributed by atoms with Crippen molar-refractivity contribution in [3.63, 3.8) is 0 Å². The minimum Gasteiger partial charge on any atom is -0.463 e. The Hall–Kier alpha value is -0.790. The number of hydrogen-bond donors (Lipinski definition) is 0. The second-order valence-electron chi connectivity index (χ2n) is 3.31. The summed E-state index contributed by atoms with van der Waals surface area (Å²) >= 11 is 0. The van der Waals surface area contributed by atoms with Gasteiger partial charge in [-0.05, 0) is 18.8 Å². The standard InChI is InChI=1S/C10H16O2/c1-2-10(11)12-8-4-7-9-5-3-6-9/h2,9H,1,3-8H2. The number of rotatable bonds is 5. The third kappa shape index (κ3) is 3.07. The number of carbonyl (C=O) groups is 1. The van der Waals surface area contributed by atoms with Crippen LogP contribution in [0.5, 0.6) is 0 Å². The van der Waals surface area contributed by atoms with Gasteiger partial charge < -0.3 is 4.74 Å². The summed E-state index contributed by atoms with van der Waals surface area (Å²) in [5.41, 5.74) is 0. The van der Waals surface area contributed by atoms with Gasteiger partial charge in [0.2, 0.25) is 0 Å². The van der Waals surface area contributed by atoms with E-state index in [1.165, 1.54) is 31.8 Å². The lowest BCUT2D eigenvalue weighted by atomic mass is 9.82. The molecule has 1 aliphatic rings. The molecule has 0 bridgehead atoms. The van der Waals surface area contributed by atoms with Gasteiger partial charge in [0.25, 0.3) is 0 Å². The van der Waals surface area contributed by atoms with Crippen molar-refractivity contribution in [2.24, 2.45) is 5.92 Å². The highest BCUT2D eigenvalue weighted by Crippen LogP contribution is 2.30. The zero-order valence-corrected chi connectivity index (χ0v) is 7.42. The van der Waals surface area contributed by atoms with Gasteiger partial charge >= 0.3 is 5.97 Å². The van der Waals surface area contributed by atoms with Crippen LogP contribution in [0.2, 0.25) is 0 Å². The first kappa shape index (κ1) is 9.30. The molecule has 0 aromatic carbocycles. The summed E-state index contributed by atoms with van der Waals surface area (Å²) in [5, 5.41) is 0. The van der Waals surface area contributed by atoms with Crippen molar-refractivity contribution in [1.29, 1.82) is 0 Å². The van der Waals surface area contributed by atoms with E-state index in [2.05, 4.69) is 6.58 Å². The van der Waals surface area contributed by atoms with Gasteiger partial charge in [-0.3, -0.25) is 0 Å². The Labute approximate surface area is 73.6 Å². The molecule has 1 fully saturated rings. The fourth-order valence-electron chi connectivity index (χ4n) is 1.39. The lowest BCUT2D eigenvalue weighted by molar-refractivity contribution is -0.137. The highest BCUT2D eigenvalue weighted by atomic mass is 16.5. The van der Waals surface area contributed by atoms with E-state index >= 15 is 0 Å². The van der Waals surface area contributed by atoms with E-state index in [-0.39, 0.29) is 5.97 Å². The normalized spacial score (nSPS) is 16.7. The van der Waals surface area contributed by atoms with Crippen LogP contribution in [0.1, 0.15) is 32.1 Å². The van der Waals surface area contributed by atoms with E-state index in [0.29, 0.717) is 6.61 Å². The molecule has 0 heterocycles. The summed E-state index contributed by atoms with van der Waals surface area (Å²) in [5.74, 6) is 0.607. The van der Waals surface area contributed by atoms with Crippen molar-refractivity contribution in [1.82, 2.24) is 0 Å². The molecule has 0 unspecified atom stereocenters. The summed E-state index contributed by atoms with van der Waals surface area (Å²) in [6.45, 7) is 3.88. The minimum absolute atomic E-state index is 0.302. The smallest absolute Gasteiger partial charge is 0.330 e. The Balaban J connectivity index is 1.88. The van der Waals surface area contributed by atoms with Crippen LogP contribution in [0.4, 0.5) is 0 Å². The monoisotopic (exact) mass is 168 g/mol. The molecule has 68 valence electrons. The van der Waals surface area contributed by atoms with E-state index in [1.54, 1.807) is 0 Å². The van der Waals surface area contributed by atoms with Gasteiger partial charge in [0.05, 0.1) is 6.61 Å². The lowest BCUT2D eigenvalue weighted by Crippen LogP contribution is -2.12. The van der Waals surface area contributed by atoms with Crippen LogP contribution in [-0.4, -0.2) is 12.6 Å². The molecular formula is C10H16O2. The Morgan fingerprint density at radius 2 is 2.33 bits per heavy atom. The maximum absolute atomic E-state index is 10.6.